The van der Waals surface area contributed by atoms with Crippen molar-refractivity contribution in [1.29, 1.82) is 0 Å². The second-order valence-electron chi connectivity index (χ2n) is 5.05. The lowest BCUT2D eigenvalue weighted by atomic mass is 10.0. The van der Waals surface area contributed by atoms with Crippen molar-refractivity contribution in [3.63, 3.8) is 0 Å². The Balaban J connectivity index is 2.48. The third kappa shape index (κ3) is 5.30. The molecule has 0 unspecified atom stereocenters. The SMILES string of the molecule is CC(C)(C)OC(=O)N=S1CCC(C(=O)O)CC1. The average molecular weight is 261 g/mol. The zero-order valence-corrected chi connectivity index (χ0v) is 11.2. The third-order valence-electron chi connectivity index (χ3n) is 2.35. The molecule has 1 N–H and O–H groups in total. The van der Waals surface area contributed by atoms with Crippen molar-refractivity contribution in [3.05, 3.63) is 0 Å². The number of carboxylic acid groups (broad SMARTS) is 1. The topological polar surface area (TPSA) is 76.0 Å². The van der Waals surface area contributed by atoms with Crippen molar-refractivity contribution >= 4 is 22.8 Å². The van der Waals surface area contributed by atoms with E-state index in [1.165, 1.54) is 0 Å². The summed E-state index contributed by atoms with van der Waals surface area (Å²) in [6, 6.07) is 0. The molecule has 0 saturated carbocycles. The van der Waals surface area contributed by atoms with E-state index >= 15 is 0 Å². The van der Waals surface area contributed by atoms with Crippen molar-refractivity contribution in [2.45, 2.75) is 39.2 Å². The van der Waals surface area contributed by atoms with Crippen LogP contribution >= 0.6 is 0 Å². The summed E-state index contributed by atoms with van der Waals surface area (Å²) in [5.41, 5.74) is -0.524. The Labute approximate surface area is 104 Å². The number of nitrogens with zero attached hydrogens (tertiary/aromatic N) is 1. The first-order chi connectivity index (χ1) is 7.78. The van der Waals surface area contributed by atoms with Gasteiger partial charge in [-0.05, 0) is 33.6 Å². The minimum Gasteiger partial charge on any atom is -0.481 e. The normalized spacial score (nSPS) is 25.1. The molecule has 0 spiro atoms. The summed E-state index contributed by atoms with van der Waals surface area (Å²) in [5.74, 6) is 0.338. The van der Waals surface area contributed by atoms with Crippen LogP contribution in [0.25, 0.3) is 0 Å². The quantitative estimate of drug-likeness (QED) is 0.785. The molecule has 1 aliphatic heterocycles. The fourth-order valence-corrected chi connectivity index (χ4v) is 3.28. The fraction of sp³-hybridized carbons (Fsp3) is 0.818. The van der Waals surface area contributed by atoms with E-state index in [0.29, 0.717) is 24.3 Å². The molecule has 6 heteroatoms. The molecule has 0 radical (unpaired) electrons. The van der Waals surface area contributed by atoms with E-state index in [0.717, 1.165) is 0 Å². The van der Waals surface area contributed by atoms with Gasteiger partial charge in [0.15, 0.2) is 0 Å². The summed E-state index contributed by atoms with van der Waals surface area (Å²) in [6.07, 6.45) is 0.671. The predicted molar refractivity (Wildman–Crippen MR) is 66.1 cm³/mol. The summed E-state index contributed by atoms with van der Waals surface area (Å²) in [4.78, 5) is 22.2. The van der Waals surface area contributed by atoms with E-state index in [1.807, 2.05) is 0 Å². The van der Waals surface area contributed by atoms with Gasteiger partial charge in [-0.2, -0.15) is 4.36 Å². The first kappa shape index (κ1) is 14.2. The standard InChI is InChI=1S/C11H19NO4S/c1-11(2,3)16-10(15)12-17-6-4-8(5-7-17)9(13)14/h8H,4-7H2,1-3H3,(H,13,14). The molecule has 1 amide bonds. The molecule has 1 heterocycles. The molecule has 0 bridgehead atoms. The second kappa shape index (κ2) is 5.62. The van der Waals surface area contributed by atoms with E-state index in [-0.39, 0.29) is 16.6 Å². The van der Waals surface area contributed by atoms with Gasteiger partial charge in [0, 0.05) is 11.5 Å². The number of carbonyl (C=O) groups excluding carboxylic acids is 1. The maximum Gasteiger partial charge on any atom is 0.440 e. The largest absolute Gasteiger partial charge is 0.481 e. The van der Waals surface area contributed by atoms with Crippen molar-refractivity contribution in [2.24, 2.45) is 10.3 Å². The highest BCUT2D eigenvalue weighted by Gasteiger charge is 2.24. The number of hydrogen-bond acceptors (Lipinski definition) is 3. The molecule has 17 heavy (non-hydrogen) atoms. The Morgan fingerprint density at radius 2 is 1.82 bits per heavy atom. The molecule has 1 fully saturated rings. The summed E-state index contributed by atoms with van der Waals surface area (Å²) < 4.78 is 9.09. The minimum absolute atomic E-state index is 0.271. The molecule has 0 atom stereocenters. The number of ether oxygens (including phenoxy) is 1. The third-order valence-corrected chi connectivity index (χ3v) is 4.17. The smallest absolute Gasteiger partial charge is 0.440 e. The van der Waals surface area contributed by atoms with E-state index < -0.39 is 17.7 Å². The second-order valence-corrected chi connectivity index (χ2v) is 6.98. The zero-order valence-electron chi connectivity index (χ0n) is 10.4. The number of hydrogen-bond donors (Lipinski definition) is 1. The lowest BCUT2D eigenvalue weighted by Crippen LogP contribution is -2.26. The van der Waals surface area contributed by atoms with Crippen LogP contribution in [0.2, 0.25) is 0 Å². The Morgan fingerprint density at radius 3 is 2.24 bits per heavy atom. The molecular formula is C11H19NO4S. The molecule has 1 rings (SSSR count). The van der Waals surface area contributed by atoms with Crippen LogP contribution in [0.4, 0.5) is 4.79 Å². The number of aliphatic carboxylic acids is 1. The summed E-state index contributed by atoms with van der Waals surface area (Å²) in [5, 5.41) is 8.84. The van der Waals surface area contributed by atoms with Crippen LogP contribution in [0.5, 0.6) is 0 Å². The summed E-state index contributed by atoms with van der Waals surface area (Å²) in [6.45, 7) is 5.39. The highest BCUT2D eigenvalue weighted by molar-refractivity contribution is 7.87. The molecule has 1 aliphatic rings. The number of rotatable bonds is 1. The van der Waals surface area contributed by atoms with Crippen LogP contribution in [0, 0.1) is 5.92 Å². The number of carboxylic acids is 1. The van der Waals surface area contributed by atoms with Crippen molar-refractivity contribution < 1.29 is 19.4 Å². The van der Waals surface area contributed by atoms with Crippen molar-refractivity contribution in [3.8, 4) is 0 Å². The fourth-order valence-electron chi connectivity index (χ4n) is 1.53. The van der Waals surface area contributed by atoms with Crippen molar-refractivity contribution in [2.75, 3.05) is 11.5 Å². The molecule has 0 aromatic heterocycles. The maximum absolute atomic E-state index is 11.4. The summed E-state index contributed by atoms with van der Waals surface area (Å²) in [7, 11) is -0.360. The van der Waals surface area contributed by atoms with E-state index in [9.17, 15) is 9.59 Å². The van der Waals surface area contributed by atoms with Gasteiger partial charge in [-0.3, -0.25) is 4.79 Å². The molecule has 0 aliphatic carbocycles. The van der Waals surface area contributed by atoms with Crippen LogP contribution in [0.15, 0.2) is 4.36 Å². The van der Waals surface area contributed by atoms with Gasteiger partial charge in [0.05, 0.1) is 5.92 Å². The van der Waals surface area contributed by atoms with Gasteiger partial charge in [0.1, 0.15) is 5.60 Å². The Kier molecular flexibility index (Phi) is 4.68. The Bertz CT molecular complexity index is 336. The lowest BCUT2D eigenvalue weighted by Gasteiger charge is -2.21. The van der Waals surface area contributed by atoms with Gasteiger partial charge in [-0.1, -0.05) is 10.7 Å². The molecule has 1 saturated heterocycles. The van der Waals surface area contributed by atoms with E-state index in [4.69, 9.17) is 9.84 Å². The van der Waals surface area contributed by atoms with Crippen LogP contribution in [0.1, 0.15) is 33.6 Å². The first-order valence-electron chi connectivity index (χ1n) is 5.63. The van der Waals surface area contributed by atoms with Gasteiger partial charge >= 0.3 is 12.1 Å². The number of amides is 1. The highest BCUT2D eigenvalue weighted by Crippen LogP contribution is 2.18. The molecule has 0 aromatic carbocycles. The highest BCUT2D eigenvalue weighted by atomic mass is 32.2. The lowest BCUT2D eigenvalue weighted by molar-refractivity contribution is -0.141. The molecule has 0 aromatic rings. The minimum atomic E-state index is -0.745. The van der Waals surface area contributed by atoms with E-state index in [1.54, 1.807) is 20.8 Å². The van der Waals surface area contributed by atoms with Gasteiger partial charge in [0.25, 0.3) is 0 Å². The Morgan fingerprint density at radius 1 is 1.29 bits per heavy atom. The van der Waals surface area contributed by atoms with Crippen LogP contribution < -0.4 is 0 Å². The Hall–Kier alpha value is -0.910. The average Bonchev–Trinajstić information content (AvgIpc) is 2.15. The van der Waals surface area contributed by atoms with E-state index in [2.05, 4.69) is 4.36 Å². The first-order valence-corrected chi connectivity index (χ1v) is 7.15. The number of carbonyl (C=O) groups is 2. The zero-order chi connectivity index (χ0) is 13.1. The van der Waals surface area contributed by atoms with Gasteiger partial charge in [-0.15, -0.1) is 0 Å². The van der Waals surface area contributed by atoms with Gasteiger partial charge < -0.3 is 9.84 Å². The monoisotopic (exact) mass is 261 g/mol. The molecule has 5 nitrogen and oxygen atoms in total. The molecular weight excluding hydrogens is 242 g/mol. The summed E-state index contributed by atoms with van der Waals surface area (Å²) >= 11 is 0. The van der Waals surface area contributed by atoms with Gasteiger partial charge in [0.2, 0.25) is 0 Å². The van der Waals surface area contributed by atoms with Crippen LogP contribution in [0.3, 0.4) is 0 Å². The van der Waals surface area contributed by atoms with Crippen molar-refractivity contribution in [1.82, 2.24) is 0 Å². The maximum atomic E-state index is 11.4. The predicted octanol–water partition coefficient (Wildman–Crippen LogP) is 2.22. The molecule has 98 valence electrons. The van der Waals surface area contributed by atoms with Crippen LogP contribution in [-0.4, -0.2) is 34.3 Å². The van der Waals surface area contributed by atoms with Crippen LogP contribution in [-0.2, 0) is 20.2 Å². The van der Waals surface area contributed by atoms with Gasteiger partial charge in [-0.25, -0.2) is 4.79 Å².